The quantitative estimate of drug-likeness (QED) is 0.777. The molecule has 15 heavy (non-hydrogen) atoms. The summed E-state index contributed by atoms with van der Waals surface area (Å²) < 4.78 is 0. The minimum atomic E-state index is 0.245. The molecule has 0 aliphatic rings. The summed E-state index contributed by atoms with van der Waals surface area (Å²) in [6.07, 6.45) is 0.802. The Kier molecular flexibility index (Phi) is 4.79. The first-order chi connectivity index (χ1) is 7.15. The Balaban J connectivity index is 2.61. The van der Waals surface area contributed by atoms with Gasteiger partial charge in [-0.1, -0.05) is 24.3 Å². The van der Waals surface area contributed by atoms with Crippen LogP contribution in [0.15, 0.2) is 24.3 Å². The molecule has 0 aliphatic heterocycles. The lowest BCUT2D eigenvalue weighted by molar-refractivity contribution is 0.264. The van der Waals surface area contributed by atoms with E-state index in [-0.39, 0.29) is 6.61 Å². The number of aliphatic hydroxyl groups excluding tert-OH is 1. The number of aryl methyl sites for hydroxylation is 1. The van der Waals surface area contributed by atoms with Crippen molar-refractivity contribution in [2.75, 3.05) is 6.61 Å². The average molecular weight is 207 g/mol. The van der Waals surface area contributed by atoms with Crippen molar-refractivity contribution in [3.8, 4) is 0 Å². The molecule has 2 heteroatoms. The van der Waals surface area contributed by atoms with Crippen molar-refractivity contribution in [2.24, 2.45) is 0 Å². The first kappa shape index (κ1) is 12.2. The molecule has 1 aromatic carbocycles. The molecule has 0 fully saturated rings. The van der Waals surface area contributed by atoms with Crippen LogP contribution < -0.4 is 5.32 Å². The van der Waals surface area contributed by atoms with E-state index in [2.05, 4.69) is 50.4 Å². The molecule has 1 rings (SSSR count). The van der Waals surface area contributed by atoms with Gasteiger partial charge < -0.3 is 10.4 Å². The Labute approximate surface area is 92.3 Å². The zero-order chi connectivity index (χ0) is 11.3. The monoisotopic (exact) mass is 207 g/mol. The van der Waals surface area contributed by atoms with E-state index in [1.54, 1.807) is 0 Å². The number of nitrogens with one attached hydrogen (secondary N) is 1. The van der Waals surface area contributed by atoms with Crippen molar-refractivity contribution < 1.29 is 5.11 Å². The molecule has 0 saturated carbocycles. The summed E-state index contributed by atoms with van der Waals surface area (Å²) >= 11 is 0. The summed E-state index contributed by atoms with van der Waals surface area (Å²) in [7, 11) is 0. The third-order valence-electron chi connectivity index (χ3n) is 2.75. The lowest BCUT2D eigenvalue weighted by Crippen LogP contribution is -2.30. The molecule has 2 nitrogen and oxygen atoms in total. The van der Waals surface area contributed by atoms with Crippen molar-refractivity contribution >= 4 is 0 Å². The van der Waals surface area contributed by atoms with Gasteiger partial charge in [0.05, 0.1) is 0 Å². The number of rotatable bonds is 5. The molecule has 0 bridgehead atoms. The third-order valence-corrected chi connectivity index (χ3v) is 2.75. The minimum Gasteiger partial charge on any atom is -0.396 e. The van der Waals surface area contributed by atoms with Crippen LogP contribution in [0.2, 0.25) is 0 Å². The van der Waals surface area contributed by atoms with Crippen LogP contribution >= 0.6 is 0 Å². The van der Waals surface area contributed by atoms with Crippen LogP contribution in [0.25, 0.3) is 0 Å². The zero-order valence-corrected chi connectivity index (χ0v) is 9.83. The van der Waals surface area contributed by atoms with Gasteiger partial charge in [-0.2, -0.15) is 0 Å². The van der Waals surface area contributed by atoms with Gasteiger partial charge in [-0.05, 0) is 38.3 Å². The molecular formula is C13H21NO. The van der Waals surface area contributed by atoms with Crippen molar-refractivity contribution in [1.82, 2.24) is 5.32 Å². The molecule has 0 radical (unpaired) electrons. The van der Waals surface area contributed by atoms with E-state index in [9.17, 15) is 0 Å². The van der Waals surface area contributed by atoms with Crippen molar-refractivity contribution in [3.63, 3.8) is 0 Å². The summed E-state index contributed by atoms with van der Waals surface area (Å²) in [6, 6.07) is 9.10. The molecule has 2 atom stereocenters. The predicted molar refractivity (Wildman–Crippen MR) is 63.9 cm³/mol. The normalized spacial score (nSPS) is 14.9. The van der Waals surface area contributed by atoms with Crippen LogP contribution in [0.3, 0.4) is 0 Å². The molecule has 0 aromatic heterocycles. The highest BCUT2D eigenvalue weighted by Crippen LogP contribution is 2.17. The smallest absolute Gasteiger partial charge is 0.0445 e. The zero-order valence-electron chi connectivity index (χ0n) is 9.83. The third kappa shape index (κ3) is 3.65. The number of benzene rings is 1. The molecule has 2 N–H and O–H groups in total. The lowest BCUT2D eigenvalue weighted by Gasteiger charge is -2.21. The van der Waals surface area contributed by atoms with Crippen LogP contribution in [0, 0.1) is 6.92 Å². The minimum absolute atomic E-state index is 0.245. The van der Waals surface area contributed by atoms with Gasteiger partial charge in [-0.25, -0.2) is 0 Å². The summed E-state index contributed by atoms with van der Waals surface area (Å²) in [5.74, 6) is 0. The first-order valence-electron chi connectivity index (χ1n) is 5.57. The van der Waals surface area contributed by atoms with E-state index in [0.717, 1.165) is 6.42 Å². The first-order valence-corrected chi connectivity index (χ1v) is 5.57. The van der Waals surface area contributed by atoms with Gasteiger partial charge in [-0.15, -0.1) is 0 Å². The Bertz CT molecular complexity index is 298. The van der Waals surface area contributed by atoms with Gasteiger partial charge in [0.25, 0.3) is 0 Å². The fourth-order valence-electron chi connectivity index (χ4n) is 1.87. The van der Waals surface area contributed by atoms with E-state index in [4.69, 9.17) is 5.11 Å². The summed E-state index contributed by atoms with van der Waals surface area (Å²) in [6.45, 7) is 6.64. The average Bonchev–Trinajstić information content (AvgIpc) is 2.18. The fraction of sp³-hybridized carbons (Fsp3) is 0.538. The molecule has 1 aromatic rings. The van der Waals surface area contributed by atoms with Crippen LogP contribution in [0.4, 0.5) is 0 Å². The summed E-state index contributed by atoms with van der Waals surface area (Å²) in [5, 5.41) is 12.3. The molecule has 0 spiro atoms. The Hall–Kier alpha value is -0.860. The van der Waals surface area contributed by atoms with Crippen molar-refractivity contribution in [2.45, 2.75) is 39.3 Å². The topological polar surface area (TPSA) is 32.3 Å². The molecule has 0 aliphatic carbocycles. The number of hydrogen-bond donors (Lipinski definition) is 2. The standard InChI is InChI=1S/C13H21NO/c1-10-6-4-5-7-13(10)12(3)14-11(2)8-9-15/h4-7,11-12,14-15H,8-9H2,1-3H3. The summed E-state index contributed by atoms with van der Waals surface area (Å²) in [4.78, 5) is 0. The molecule has 0 amide bonds. The molecule has 2 unspecified atom stereocenters. The second-order valence-electron chi connectivity index (χ2n) is 4.16. The highest BCUT2D eigenvalue weighted by Gasteiger charge is 2.10. The Morgan fingerprint density at radius 2 is 1.93 bits per heavy atom. The molecular weight excluding hydrogens is 186 g/mol. The second-order valence-corrected chi connectivity index (χ2v) is 4.16. The maximum absolute atomic E-state index is 8.83. The van der Waals surface area contributed by atoms with Crippen LogP contribution in [0.1, 0.15) is 37.4 Å². The van der Waals surface area contributed by atoms with Crippen LogP contribution in [-0.2, 0) is 0 Å². The second kappa shape index (κ2) is 5.89. The van der Waals surface area contributed by atoms with E-state index >= 15 is 0 Å². The van der Waals surface area contributed by atoms with E-state index in [0.29, 0.717) is 12.1 Å². The Morgan fingerprint density at radius 3 is 2.53 bits per heavy atom. The molecule has 84 valence electrons. The largest absolute Gasteiger partial charge is 0.396 e. The van der Waals surface area contributed by atoms with Gasteiger partial charge in [0.15, 0.2) is 0 Å². The number of hydrogen-bond acceptors (Lipinski definition) is 2. The lowest BCUT2D eigenvalue weighted by atomic mass is 10.0. The SMILES string of the molecule is Cc1ccccc1C(C)NC(C)CCO. The van der Waals surface area contributed by atoms with Crippen molar-refractivity contribution in [1.29, 1.82) is 0 Å². The molecule has 0 heterocycles. The highest BCUT2D eigenvalue weighted by molar-refractivity contribution is 5.28. The van der Waals surface area contributed by atoms with Gasteiger partial charge in [0, 0.05) is 18.7 Å². The van der Waals surface area contributed by atoms with Crippen LogP contribution in [0.5, 0.6) is 0 Å². The maximum atomic E-state index is 8.83. The maximum Gasteiger partial charge on any atom is 0.0445 e. The van der Waals surface area contributed by atoms with Crippen molar-refractivity contribution in [3.05, 3.63) is 35.4 Å². The number of aliphatic hydroxyl groups is 1. The Morgan fingerprint density at radius 1 is 1.27 bits per heavy atom. The van der Waals surface area contributed by atoms with Crippen LogP contribution in [-0.4, -0.2) is 17.8 Å². The van der Waals surface area contributed by atoms with E-state index in [1.165, 1.54) is 11.1 Å². The van der Waals surface area contributed by atoms with Gasteiger partial charge in [-0.3, -0.25) is 0 Å². The van der Waals surface area contributed by atoms with E-state index in [1.807, 2.05) is 0 Å². The predicted octanol–water partition coefficient (Wildman–Crippen LogP) is 2.42. The highest BCUT2D eigenvalue weighted by atomic mass is 16.3. The van der Waals surface area contributed by atoms with Gasteiger partial charge in [0.1, 0.15) is 0 Å². The fourth-order valence-corrected chi connectivity index (χ4v) is 1.87. The van der Waals surface area contributed by atoms with Gasteiger partial charge in [0.2, 0.25) is 0 Å². The van der Waals surface area contributed by atoms with E-state index < -0.39 is 0 Å². The molecule has 0 saturated heterocycles. The van der Waals surface area contributed by atoms with Gasteiger partial charge >= 0.3 is 0 Å². The summed E-state index contributed by atoms with van der Waals surface area (Å²) in [5.41, 5.74) is 2.65.